The molecular weight excluding hydrogens is 409 g/mol. The lowest BCUT2D eigenvalue weighted by Crippen LogP contribution is -2.25. The molecule has 0 unspecified atom stereocenters. The van der Waals surface area contributed by atoms with Crippen LogP contribution in [0.5, 0.6) is 5.75 Å². The number of hydrogen-bond donors (Lipinski definition) is 1. The Kier molecular flexibility index (Phi) is 6.67. The Hall–Kier alpha value is -2.14. The van der Waals surface area contributed by atoms with E-state index in [1.54, 1.807) is 30.3 Å². The average molecular weight is 425 g/mol. The van der Waals surface area contributed by atoms with Gasteiger partial charge in [-0.1, -0.05) is 46.9 Å². The molecule has 4 nitrogen and oxygen atoms in total. The molecule has 0 fully saturated rings. The second-order valence-corrected chi connectivity index (χ2v) is 7.04. The standard InChI is InChI=1S/C20H16Cl3NO3/c21-14-3-1-13(2-4-14)9-10-24-20(25)18-8-6-16(27-18)12-26-19-11-15(22)5-7-17(19)23/h1-8,11H,9-10,12H2,(H,24,25). The molecule has 3 rings (SSSR count). The molecule has 0 radical (unpaired) electrons. The van der Waals surface area contributed by atoms with Crippen molar-refractivity contribution in [3.63, 3.8) is 0 Å². The van der Waals surface area contributed by atoms with Gasteiger partial charge in [0.25, 0.3) is 5.91 Å². The zero-order valence-electron chi connectivity index (χ0n) is 14.2. The first-order valence-electron chi connectivity index (χ1n) is 8.20. The number of benzene rings is 2. The van der Waals surface area contributed by atoms with Crippen LogP contribution in [0.4, 0.5) is 0 Å². The van der Waals surface area contributed by atoms with Crippen LogP contribution in [0.15, 0.2) is 59.0 Å². The van der Waals surface area contributed by atoms with Crippen molar-refractivity contribution in [2.24, 2.45) is 0 Å². The highest BCUT2D eigenvalue weighted by Gasteiger charge is 2.12. The maximum absolute atomic E-state index is 12.2. The summed E-state index contributed by atoms with van der Waals surface area (Å²) < 4.78 is 11.1. The summed E-state index contributed by atoms with van der Waals surface area (Å²) in [6.45, 7) is 0.628. The van der Waals surface area contributed by atoms with Crippen molar-refractivity contribution in [1.82, 2.24) is 5.32 Å². The molecule has 2 aromatic carbocycles. The van der Waals surface area contributed by atoms with Gasteiger partial charge in [0, 0.05) is 22.7 Å². The zero-order chi connectivity index (χ0) is 19.2. The number of nitrogens with one attached hydrogen (secondary N) is 1. The highest BCUT2D eigenvalue weighted by molar-refractivity contribution is 6.34. The van der Waals surface area contributed by atoms with Crippen molar-refractivity contribution in [1.29, 1.82) is 0 Å². The molecule has 7 heteroatoms. The van der Waals surface area contributed by atoms with Gasteiger partial charge >= 0.3 is 0 Å². The first-order chi connectivity index (χ1) is 13.0. The monoisotopic (exact) mass is 423 g/mol. The summed E-state index contributed by atoms with van der Waals surface area (Å²) in [6.07, 6.45) is 0.701. The van der Waals surface area contributed by atoms with Gasteiger partial charge in [-0.25, -0.2) is 0 Å². The van der Waals surface area contributed by atoms with Crippen LogP contribution in [-0.4, -0.2) is 12.5 Å². The lowest BCUT2D eigenvalue weighted by molar-refractivity contribution is 0.0922. The van der Waals surface area contributed by atoms with Crippen molar-refractivity contribution >= 4 is 40.7 Å². The molecule has 27 heavy (non-hydrogen) atoms. The quantitative estimate of drug-likeness (QED) is 0.522. The molecule has 0 atom stereocenters. The minimum Gasteiger partial charge on any atom is -0.484 e. The van der Waals surface area contributed by atoms with Gasteiger partial charge in [0.1, 0.15) is 18.1 Å². The summed E-state index contributed by atoms with van der Waals surface area (Å²) in [5.41, 5.74) is 1.09. The minimum absolute atomic E-state index is 0.137. The van der Waals surface area contributed by atoms with E-state index in [0.717, 1.165) is 5.56 Å². The van der Waals surface area contributed by atoms with Crippen LogP contribution in [0.1, 0.15) is 21.9 Å². The number of hydrogen-bond acceptors (Lipinski definition) is 3. The molecule has 1 aromatic heterocycles. The van der Waals surface area contributed by atoms with Crippen LogP contribution in [0.25, 0.3) is 0 Å². The highest BCUT2D eigenvalue weighted by atomic mass is 35.5. The SMILES string of the molecule is O=C(NCCc1ccc(Cl)cc1)c1ccc(COc2cc(Cl)ccc2Cl)o1. The van der Waals surface area contributed by atoms with E-state index in [9.17, 15) is 4.79 Å². The molecule has 140 valence electrons. The Balaban J connectivity index is 1.49. The minimum atomic E-state index is -0.281. The van der Waals surface area contributed by atoms with Crippen molar-refractivity contribution < 1.29 is 13.9 Å². The van der Waals surface area contributed by atoms with Gasteiger partial charge in [-0.3, -0.25) is 4.79 Å². The van der Waals surface area contributed by atoms with Crippen LogP contribution in [0.2, 0.25) is 15.1 Å². The van der Waals surface area contributed by atoms with Gasteiger partial charge in [-0.05, 0) is 48.4 Å². The fourth-order valence-electron chi connectivity index (χ4n) is 2.37. The zero-order valence-corrected chi connectivity index (χ0v) is 16.4. The van der Waals surface area contributed by atoms with Crippen molar-refractivity contribution in [2.75, 3.05) is 6.54 Å². The maximum Gasteiger partial charge on any atom is 0.287 e. The summed E-state index contributed by atoms with van der Waals surface area (Å²) in [4.78, 5) is 12.2. The molecule has 0 aliphatic carbocycles. The summed E-state index contributed by atoms with van der Waals surface area (Å²) in [5.74, 6) is 0.904. The average Bonchev–Trinajstić information content (AvgIpc) is 3.13. The van der Waals surface area contributed by atoms with Crippen molar-refractivity contribution in [2.45, 2.75) is 13.0 Å². The van der Waals surface area contributed by atoms with E-state index in [2.05, 4.69) is 5.32 Å². The van der Waals surface area contributed by atoms with Crippen molar-refractivity contribution in [3.8, 4) is 5.75 Å². The number of rotatable bonds is 7. The highest BCUT2D eigenvalue weighted by Crippen LogP contribution is 2.28. The summed E-state index contributed by atoms with van der Waals surface area (Å²) in [6, 6.07) is 15.7. The van der Waals surface area contributed by atoms with Gasteiger partial charge in [0.2, 0.25) is 0 Å². The Bertz CT molecular complexity index is 922. The normalized spacial score (nSPS) is 10.6. The first kappa shape index (κ1) is 19.6. The van der Waals surface area contributed by atoms with Gasteiger partial charge in [-0.15, -0.1) is 0 Å². The third-order valence-corrected chi connectivity index (χ3v) is 4.56. The number of carbonyl (C=O) groups excluding carboxylic acids is 1. The molecule has 1 amide bonds. The second-order valence-electron chi connectivity index (χ2n) is 5.76. The predicted octanol–water partition coefficient (Wildman–Crippen LogP) is 5.79. The lowest BCUT2D eigenvalue weighted by Gasteiger charge is -2.07. The molecule has 0 aliphatic rings. The molecule has 3 aromatic rings. The number of furan rings is 1. The van der Waals surface area contributed by atoms with Gasteiger partial charge in [0.15, 0.2) is 5.76 Å². The van der Waals surface area contributed by atoms with E-state index >= 15 is 0 Å². The Morgan fingerprint density at radius 1 is 0.963 bits per heavy atom. The molecular formula is C20H16Cl3NO3. The van der Waals surface area contributed by atoms with Gasteiger partial charge in [-0.2, -0.15) is 0 Å². The van der Waals surface area contributed by atoms with Crippen molar-refractivity contribution in [3.05, 3.63) is 86.7 Å². The summed E-state index contributed by atoms with van der Waals surface area (Å²) >= 11 is 17.8. The van der Waals surface area contributed by atoms with E-state index < -0.39 is 0 Å². The third kappa shape index (κ3) is 5.67. The molecule has 0 spiro atoms. The number of ether oxygens (including phenoxy) is 1. The smallest absolute Gasteiger partial charge is 0.287 e. The van der Waals surface area contributed by atoms with E-state index in [1.807, 2.05) is 24.3 Å². The van der Waals surface area contributed by atoms with Crippen LogP contribution in [0, 0.1) is 0 Å². The number of carbonyl (C=O) groups is 1. The van der Waals surface area contributed by atoms with Gasteiger partial charge in [0.05, 0.1) is 5.02 Å². The molecule has 0 bridgehead atoms. The van der Waals surface area contributed by atoms with E-state index in [1.165, 1.54) is 0 Å². The maximum atomic E-state index is 12.2. The second kappa shape index (κ2) is 9.18. The fourth-order valence-corrected chi connectivity index (χ4v) is 2.83. The first-order valence-corrected chi connectivity index (χ1v) is 9.34. The van der Waals surface area contributed by atoms with Crippen LogP contribution < -0.4 is 10.1 Å². The Labute approximate surface area is 172 Å². The van der Waals surface area contributed by atoms with Crippen LogP contribution in [-0.2, 0) is 13.0 Å². The topological polar surface area (TPSA) is 51.5 Å². The molecule has 0 saturated heterocycles. The Morgan fingerprint density at radius 3 is 2.48 bits per heavy atom. The lowest BCUT2D eigenvalue weighted by atomic mass is 10.1. The van der Waals surface area contributed by atoms with Crippen LogP contribution >= 0.6 is 34.8 Å². The third-order valence-electron chi connectivity index (χ3n) is 3.76. The van der Waals surface area contributed by atoms with Crippen LogP contribution in [0.3, 0.4) is 0 Å². The summed E-state index contributed by atoms with van der Waals surface area (Å²) in [5, 5.41) is 4.48. The molecule has 1 N–H and O–H groups in total. The Morgan fingerprint density at radius 2 is 1.70 bits per heavy atom. The summed E-state index contributed by atoms with van der Waals surface area (Å²) in [7, 11) is 0. The van der Waals surface area contributed by atoms with Gasteiger partial charge < -0.3 is 14.5 Å². The van der Waals surface area contributed by atoms with E-state index in [-0.39, 0.29) is 18.3 Å². The molecule has 1 heterocycles. The molecule has 0 aliphatic heterocycles. The predicted molar refractivity (Wildman–Crippen MR) is 107 cm³/mol. The van der Waals surface area contributed by atoms with E-state index in [0.29, 0.717) is 39.5 Å². The number of halogens is 3. The fraction of sp³-hybridized carbons (Fsp3) is 0.150. The van der Waals surface area contributed by atoms with E-state index in [4.69, 9.17) is 44.0 Å². The number of amides is 1. The largest absolute Gasteiger partial charge is 0.484 e. The molecule has 0 saturated carbocycles.